The molecule has 0 saturated carbocycles. The maximum atomic E-state index is 12.8. The third kappa shape index (κ3) is 2.91. The first kappa shape index (κ1) is 15.1. The minimum absolute atomic E-state index is 0.378. The molecule has 1 aromatic rings. The highest BCUT2D eigenvalue weighted by Crippen LogP contribution is 2.43. The van der Waals surface area contributed by atoms with Gasteiger partial charge in [0, 0.05) is 5.02 Å². The van der Waals surface area contributed by atoms with E-state index in [0.717, 1.165) is 19.9 Å². The Morgan fingerprint density at radius 2 is 1.28 bits per heavy atom. The summed E-state index contributed by atoms with van der Waals surface area (Å²) >= 11 is 5.44. The second kappa shape index (κ2) is 4.33. The fourth-order valence-corrected chi connectivity index (χ4v) is 1.51. The van der Waals surface area contributed by atoms with Gasteiger partial charge >= 0.3 is 12.4 Å². The quantitative estimate of drug-likeness (QED) is 0.624. The maximum Gasteiger partial charge on any atom is 0.416 e. The van der Waals surface area contributed by atoms with E-state index in [2.05, 4.69) is 0 Å². The topological polar surface area (TPSA) is 0 Å². The zero-order valence-corrected chi connectivity index (χ0v) is 10.1. The average molecular weight is 291 g/mol. The molecule has 1 rings (SSSR count). The van der Waals surface area contributed by atoms with Gasteiger partial charge < -0.3 is 0 Å². The third-order valence-electron chi connectivity index (χ3n) is 2.66. The summed E-state index contributed by atoms with van der Waals surface area (Å²) < 4.78 is 75.7. The van der Waals surface area contributed by atoms with Gasteiger partial charge in [-0.1, -0.05) is 11.6 Å². The highest BCUT2D eigenvalue weighted by Gasteiger charge is 2.49. The van der Waals surface area contributed by atoms with Crippen molar-refractivity contribution < 1.29 is 26.3 Å². The number of rotatable bonds is 1. The molecule has 7 heteroatoms. The van der Waals surface area contributed by atoms with Gasteiger partial charge in [-0.05, 0) is 37.6 Å². The second-order valence-corrected chi connectivity index (χ2v) is 4.79. The van der Waals surface area contributed by atoms with Crippen LogP contribution in [0.2, 0.25) is 5.02 Å². The van der Waals surface area contributed by atoms with E-state index in [1.807, 2.05) is 0 Å². The van der Waals surface area contributed by atoms with Crippen LogP contribution in [0, 0.1) is 0 Å². The molecule has 0 aliphatic rings. The van der Waals surface area contributed by atoms with Crippen LogP contribution < -0.4 is 0 Å². The van der Waals surface area contributed by atoms with Crippen LogP contribution in [-0.2, 0) is 11.6 Å². The van der Waals surface area contributed by atoms with Gasteiger partial charge in [-0.25, -0.2) is 0 Å². The monoisotopic (exact) mass is 290 g/mol. The Hall–Kier alpha value is -0.910. The van der Waals surface area contributed by atoms with Crippen molar-refractivity contribution in [2.75, 3.05) is 0 Å². The molecule has 102 valence electrons. The molecule has 0 aliphatic heterocycles. The summed E-state index contributed by atoms with van der Waals surface area (Å²) in [7, 11) is 0. The summed E-state index contributed by atoms with van der Waals surface area (Å²) in [6, 6.07) is 1.96. The molecule has 0 unspecified atom stereocenters. The largest absolute Gasteiger partial charge is 0.416 e. The minimum atomic E-state index is -4.73. The summed E-state index contributed by atoms with van der Waals surface area (Å²) in [6.45, 7) is 1.61. The normalized spacial score (nSPS) is 13.8. The van der Waals surface area contributed by atoms with Crippen LogP contribution in [0.3, 0.4) is 0 Å². The smallest absolute Gasteiger partial charge is 0.170 e. The van der Waals surface area contributed by atoms with E-state index >= 15 is 0 Å². The van der Waals surface area contributed by atoms with E-state index in [4.69, 9.17) is 11.6 Å². The third-order valence-corrected chi connectivity index (χ3v) is 2.87. The molecule has 0 amide bonds. The maximum absolute atomic E-state index is 12.8. The molecule has 0 atom stereocenters. The van der Waals surface area contributed by atoms with Crippen molar-refractivity contribution in [2.24, 2.45) is 0 Å². The summed E-state index contributed by atoms with van der Waals surface area (Å²) in [4.78, 5) is 0. The van der Waals surface area contributed by atoms with Gasteiger partial charge in [0.15, 0.2) is 0 Å². The zero-order chi connectivity index (χ0) is 14.4. The van der Waals surface area contributed by atoms with Crippen molar-refractivity contribution in [2.45, 2.75) is 31.6 Å². The SMILES string of the molecule is CC(C)(c1cc(Cl)cc(C(F)(F)F)c1)C(F)(F)F. The minimum Gasteiger partial charge on any atom is -0.170 e. The van der Waals surface area contributed by atoms with E-state index in [1.54, 1.807) is 0 Å². The van der Waals surface area contributed by atoms with E-state index in [1.165, 1.54) is 0 Å². The van der Waals surface area contributed by atoms with Crippen molar-refractivity contribution in [3.63, 3.8) is 0 Å². The molecular weight excluding hydrogens is 282 g/mol. The number of hydrogen-bond acceptors (Lipinski definition) is 0. The second-order valence-electron chi connectivity index (χ2n) is 4.35. The van der Waals surface area contributed by atoms with Gasteiger partial charge in [-0.3, -0.25) is 0 Å². The van der Waals surface area contributed by atoms with Crippen LogP contribution in [0.4, 0.5) is 26.3 Å². The molecule has 0 nitrogen and oxygen atoms in total. The van der Waals surface area contributed by atoms with E-state index < -0.39 is 28.9 Å². The summed E-state index contributed by atoms with van der Waals surface area (Å²) in [5, 5.41) is -0.378. The van der Waals surface area contributed by atoms with Gasteiger partial charge in [0.25, 0.3) is 0 Å². The van der Waals surface area contributed by atoms with E-state index in [-0.39, 0.29) is 5.02 Å². The summed E-state index contributed by atoms with van der Waals surface area (Å²) in [5.41, 5.74) is -4.12. The van der Waals surface area contributed by atoms with Gasteiger partial charge in [-0.15, -0.1) is 0 Å². The molecule has 0 saturated heterocycles. The lowest BCUT2D eigenvalue weighted by atomic mass is 9.83. The van der Waals surface area contributed by atoms with Crippen LogP contribution >= 0.6 is 11.6 Å². The van der Waals surface area contributed by atoms with Crippen LogP contribution in [0.5, 0.6) is 0 Å². The molecule has 0 radical (unpaired) electrons. The molecule has 18 heavy (non-hydrogen) atoms. The Morgan fingerprint density at radius 3 is 1.67 bits per heavy atom. The Morgan fingerprint density at radius 1 is 0.833 bits per heavy atom. The first-order valence-corrected chi connectivity index (χ1v) is 5.18. The van der Waals surface area contributed by atoms with Crippen LogP contribution in [0.15, 0.2) is 18.2 Å². The van der Waals surface area contributed by atoms with Gasteiger partial charge in [-0.2, -0.15) is 26.3 Å². The fraction of sp³-hybridized carbons (Fsp3) is 0.455. The number of benzene rings is 1. The molecule has 1 aromatic carbocycles. The zero-order valence-electron chi connectivity index (χ0n) is 9.38. The molecule has 0 N–H and O–H groups in total. The summed E-state index contributed by atoms with van der Waals surface area (Å²) in [6.07, 6.45) is -9.40. The van der Waals surface area contributed by atoms with Crippen molar-refractivity contribution in [3.05, 3.63) is 34.3 Å². The molecule has 0 aliphatic carbocycles. The van der Waals surface area contributed by atoms with Crippen molar-refractivity contribution in [3.8, 4) is 0 Å². The first-order valence-electron chi connectivity index (χ1n) is 4.80. The lowest BCUT2D eigenvalue weighted by molar-refractivity contribution is -0.180. The van der Waals surface area contributed by atoms with E-state index in [9.17, 15) is 26.3 Å². The molecule has 0 bridgehead atoms. The first-order chi connectivity index (χ1) is 7.85. The van der Waals surface area contributed by atoms with Crippen molar-refractivity contribution >= 4 is 11.6 Å². The molecular formula is C11H9ClF6. The Labute approximate surface area is 105 Å². The van der Waals surface area contributed by atoms with Crippen molar-refractivity contribution in [1.82, 2.24) is 0 Å². The lowest BCUT2D eigenvalue weighted by Gasteiger charge is -2.29. The molecule has 0 heterocycles. The predicted molar refractivity (Wildman–Crippen MR) is 55.5 cm³/mol. The van der Waals surface area contributed by atoms with Gasteiger partial charge in [0.05, 0.1) is 11.0 Å². The van der Waals surface area contributed by atoms with Gasteiger partial charge in [0.2, 0.25) is 0 Å². The average Bonchev–Trinajstić information content (AvgIpc) is 2.13. The highest BCUT2D eigenvalue weighted by atomic mass is 35.5. The molecule has 0 spiro atoms. The number of alkyl halides is 6. The van der Waals surface area contributed by atoms with Crippen LogP contribution in [0.1, 0.15) is 25.0 Å². The van der Waals surface area contributed by atoms with Gasteiger partial charge in [0.1, 0.15) is 0 Å². The standard InChI is InChI=1S/C11H9ClF6/c1-9(2,11(16,17)18)6-3-7(10(13,14)15)5-8(12)4-6/h3-5H,1-2H3. The van der Waals surface area contributed by atoms with Crippen molar-refractivity contribution in [1.29, 1.82) is 0 Å². The van der Waals surface area contributed by atoms with Crippen LogP contribution in [0.25, 0.3) is 0 Å². The predicted octanol–water partition coefficient (Wildman–Crippen LogP) is 5.20. The Bertz CT molecular complexity index is 444. The summed E-state index contributed by atoms with van der Waals surface area (Å²) in [5.74, 6) is 0. The van der Waals surface area contributed by atoms with Crippen LogP contribution in [-0.4, -0.2) is 6.18 Å². The fourth-order valence-electron chi connectivity index (χ4n) is 1.28. The molecule has 0 aromatic heterocycles. The lowest BCUT2D eigenvalue weighted by Crippen LogP contribution is -2.36. The Kier molecular flexibility index (Phi) is 3.64. The molecule has 0 fully saturated rings. The Balaban J connectivity index is 3.40. The highest BCUT2D eigenvalue weighted by molar-refractivity contribution is 6.30. The number of hydrogen-bond donors (Lipinski definition) is 0. The number of halogens is 7. The van der Waals surface area contributed by atoms with E-state index in [0.29, 0.717) is 12.1 Å².